The number of carbonyl (C=O) groups excluding carboxylic acids is 3. The second-order valence-corrected chi connectivity index (χ2v) is 6.07. The molecule has 1 saturated heterocycles. The average molecular weight is 392 g/mol. The molecule has 1 aliphatic heterocycles. The van der Waals surface area contributed by atoms with Crippen LogP contribution in [0.4, 0.5) is 18.0 Å². The summed E-state index contributed by atoms with van der Waals surface area (Å²) in [5, 5.41) is 3.23. The van der Waals surface area contributed by atoms with Gasteiger partial charge in [-0.2, -0.15) is 13.2 Å². The summed E-state index contributed by atoms with van der Waals surface area (Å²) in [7, 11) is 0. The summed E-state index contributed by atoms with van der Waals surface area (Å²) >= 11 is 0. The van der Waals surface area contributed by atoms with Crippen LogP contribution in [0.3, 0.4) is 0 Å². The third-order valence-corrected chi connectivity index (χ3v) is 4.22. The zero-order chi connectivity index (χ0) is 20.4. The van der Waals surface area contributed by atoms with Crippen LogP contribution in [0.2, 0.25) is 0 Å². The van der Waals surface area contributed by atoms with Crippen LogP contribution in [0.25, 0.3) is 0 Å². The first-order valence-corrected chi connectivity index (χ1v) is 8.22. The minimum absolute atomic E-state index is 0.171. The Bertz CT molecular complexity index is 890. The molecule has 1 atom stereocenters. The van der Waals surface area contributed by atoms with Crippen LogP contribution in [0, 0.1) is 0 Å². The van der Waals surface area contributed by atoms with E-state index in [1.807, 2.05) is 0 Å². The molecule has 3 rings (SSSR count). The van der Waals surface area contributed by atoms with Crippen LogP contribution in [-0.2, 0) is 11.2 Å². The first-order chi connectivity index (χ1) is 13.2. The number of hydrogen-bond donors (Lipinski definition) is 2. The predicted octanol–water partition coefficient (Wildman–Crippen LogP) is 1.86. The smallest absolute Gasteiger partial charge is 0.314 e. The van der Waals surface area contributed by atoms with Gasteiger partial charge in [-0.15, -0.1) is 0 Å². The van der Waals surface area contributed by atoms with Gasteiger partial charge in [0, 0.05) is 18.9 Å². The van der Waals surface area contributed by atoms with E-state index >= 15 is 0 Å². The van der Waals surface area contributed by atoms with Crippen molar-refractivity contribution in [3.05, 3.63) is 66.0 Å². The summed E-state index contributed by atoms with van der Waals surface area (Å²) < 4.78 is 41.3. The Balaban J connectivity index is 1.84. The van der Waals surface area contributed by atoms with Gasteiger partial charge < -0.3 is 5.32 Å². The summed E-state index contributed by atoms with van der Waals surface area (Å²) in [6.07, 6.45) is -2.69. The van der Waals surface area contributed by atoms with Crippen molar-refractivity contribution in [3.8, 4) is 0 Å². The zero-order valence-corrected chi connectivity index (χ0v) is 14.4. The van der Waals surface area contributed by atoms with Gasteiger partial charge in [0.25, 0.3) is 17.5 Å². The summed E-state index contributed by atoms with van der Waals surface area (Å²) in [5.41, 5.74) is -2.98. The minimum Gasteiger partial charge on any atom is -0.314 e. The van der Waals surface area contributed by atoms with E-state index in [0.29, 0.717) is 4.90 Å². The normalized spacial score (nSPS) is 19.5. The highest BCUT2D eigenvalue weighted by atomic mass is 19.4. The number of amides is 4. The molecule has 1 aromatic carbocycles. The summed E-state index contributed by atoms with van der Waals surface area (Å²) in [6.45, 7) is -0.269. The van der Waals surface area contributed by atoms with Crippen LogP contribution in [0.5, 0.6) is 0 Å². The highest BCUT2D eigenvalue weighted by Gasteiger charge is 2.68. The molecular formula is C18H15F3N4O3. The van der Waals surface area contributed by atoms with Crippen LogP contribution < -0.4 is 10.6 Å². The fraction of sp³-hybridized carbons (Fsp3) is 0.222. The van der Waals surface area contributed by atoms with Crippen molar-refractivity contribution in [2.75, 3.05) is 6.54 Å². The number of rotatable bonds is 5. The lowest BCUT2D eigenvalue weighted by molar-refractivity contribution is -0.200. The monoisotopic (exact) mass is 392 g/mol. The molecule has 1 aromatic heterocycles. The van der Waals surface area contributed by atoms with E-state index in [-0.39, 0.29) is 18.5 Å². The van der Waals surface area contributed by atoms with Gasteiger partial charge in [0.05, 0.1) is 5.56 Å². The maximum atomic E-state index is 13.8. The lowest BCUT2D eigenvalue weighted by Gasteiger charge is -2.29. The van der Waals surface area contributed by atoms with Gasteiger partial charge in [-0.1, -0.05) is 30.3 Å². The molecule has 0 bridgehead atoms. The third-order valence-electron chi connectivity index (χ3n) is 4.22. The quantitative estimate of drug-likeness (QED) is 0.760. The Hall–Kier alpha value is -3.43. The lowest BCUT2D eigenvalue weighted by atomic mass is 10.1. The summed E-state index contributed by atoms with van der Waals surface area (Å²) in [5.74, 6) is -2.78. The van der Waals surface area contributed by atoms with Gasteiger partial charge in [0.15, 0.2) is 0 Å². The molecule has 1 aliphatic rings. The number of benzene rings is 1. The fourth-order valence-corrected chi connectivity index (χ4v) is 2.75. The summed E-state index contributed by atoms with van der Waals surface area (Å²) in [4.78, 5) is 41.0. The molecule has 2 aromatic rings. The zero-order valence-electron chi connectivity index (χ0n) is 14.4. The van der Waals surface area contributed by atoms with Crippen LogP contribution in [0.15, 0.2) is 54.9 Å². The number of carbonyl (C=O) groups is 3. The molecule has 0 spiro atoms. The highest BCUT2D eigenvalue weighted by Crippen LogP contribution is 2.34. The Morgan fingerprint density at radius 1 is 1.14 bits per heavy atom. The number of aromatic nitrogens is 1. The van der Waals surface area contributed by atoms with Gasteiger partial charge >= 0.3 is 12.2 Å². The van der Waals surface area contributed by atoms with E-state index in [9.17, 15) is 27.6 Å². The molecule has 10 heteroatoms. The SMILES string of the molecule is O=C(NC1(C(F)(F)F)NC(=O)N(CCc2ccccc2)C1=O)c1cccnc1. The second kappa shape index (κ2) is 7.29. The van der Waals surface area contributed by atoms with Gasteiger partial charge in [-0.25, -0.2) is 4.79 Å². The number of imide groups is 1. The van der Waals surface area contributed by atoms with E-state index in [1.165, 1.54) is 18.3 Å². The standard InChI is InChI=1S/C18H15F3N4O3/c19-18(20,21)17(23-14(26)13-7-4-9-22-11-13)15(27)25(16(28)24-17)10-8-12-5-2-1-3-6-12/h1-7,9,11H,8,10H2,(H,23,26)(H,24,28). The largest absolute Gasteiger partial charge is 0.440 e. The highest BCUT2D eigenvalue weighted by molar-refractivity contribution is 6.10. The Morgan fingerprint density at radius 2 is 1.86 bits per heavy atom. The minimum atomic E-state index is -5.25. The van der Waals surface area contributed by atoms with E-state index in [4.69, 9.17) is 0 Å². The maximum absolute atomic E-state index is 13.8. The topological polar surface area (TPSA) is 91.4 Å². The number of pyridine rings is 1. The van der Waals surface area contributed by atoms with Gasteiger partial charge in [-0.3, -0.25) is 24.8 Å². The third kappa shape index (κ3) is 3.53. The Kier molecular flexibility index (Phi) is 5.04. The Morgan fingerprint density at radius 3 is 2.46 bits per heavy atom. The van der Waals surface area contributed by atoms with E-state index < -0.39 is 29.7 Å². The molecule has 7 nitrogen and oxygen atoms in total. The number of nitrogens with zero attached hydrogens (tertiary/aromatic N) is 2. The predicted molar refractivity (Wildman–Crippen MR) is 90.9 cm³/mol. The molecule has 4 amide bonds. The van der Waals surface area contributed by atoms with Crippen molar-refractivity contribution in [1.29, 1.82) is 0 Å². The van der Waals surface area contributed by atoms with Crippen molar-refractivity contribution in [2.45, 2.75) is 18.3 Å². The molecule has 28 heavy (non-hydrogen) atoms. The molecule has 2 N–H and O–H groups in total. The average Bonchev–Trinajstić information content (AvgIpc) is 2.92. The van der Waals surface area contributed by atoms with Crippen molar-refractivity contribution in [2.24, 2.45) is 0 Å². The first-order valence-electron chi connectivity index (χ1n) is 8.22. The van der Waals surface area contributed by atoms with Gasteiger partial charge in [0.2, 0.25) is 0 Å². The van der Waals surface area contributed by atoms with Crippen LogP contribution in [0.1, 0.15) is 15.9 Å². The van der Waals surface area contributed by atoms with Crippen LogP contribution in [-0.4, -0.2) is 46.1 Å². The Labute approximate surface area is 157 Å². The molecule has 2 heterocycles. The molecule has 0 radical (unpaired) electrons. The number of urea groups is 1. The van der Waals surface area contributed by atoms with Gasteiger partial charge in [-0.05, 0) is 24.1 Å². The van der Waals surface area contributed by atoms with Crippen molar-refractivity contribution in [3.63, 3.8) is 0 Å². The number of halogens is 3. The van der Waals surface area contributed by atoms with E-state index in [2.05, 4.69) is 4.98 Å². The van der Waals surface area contributed by atoms with E-state index in [1.54, 1.807) is 41.0 Å². The molecule has 1 fully saturated rings. The van der Waals surface area contributed by atoms with Crippen molar-refractivity contribution in [1.82, 2.24) is 20.5 Å². The molecule has 146 valence electrons. The second-order valence-electron chi connectivity index (χ2n) is 6.07. The van der Waals surface area contributed by atoms with Crippen LogP contribution >= 0.6 is 0 Å². The molecule has 1 unspecified atom stereocenters. The van der Waals surface area contributed by atoms with Gasteiger partial charge in [0.1, 0.15) is 0 Å². The fourth-order valence-electron chi connectivity index (χ4n) is 2.75. The van der Waals surface area contributed by atoms with E-state index in [0.717, 1.165) is 11.8 Å². The maximum Gasteiger partial charge on any atom is 0.440 e. The summed E-state index contributed by atoms with van der Waals surface area (Å²) in [6, 6.07) is 10.0. The van der Waals surface area contributed by atoms with Crippen molar-refractivity contribution < 1.29 is 27.6 Å². The number of nitrogens with one attached hydrogen (secondary N) is 2. The number of alkyl halides is 3. The van der Waals surface area contributed by atoms with Crippen molar-refractivity contribution >= 4 is 17.8 Å². The number of hydrogen-bond acceptors (Lipinski definition) is 4. The molecular weight excluding hydrogens is 377 g/mol. The molecule has 0 aliphatic carbocycles. The first kappa shape index (κ1) is 19.3. The lowest BCUT2D eigenvalue weighted by Crippen LogP contribution is -2.69. The molecule has 0 saturated carbocycles.